The predicted octanol–water partition coefficient (Wildman–Crippen LogP) is 5.00. The maximum absolute atomic E-state index is 13.3. The highest BCUT2D eigenvalue weighted by molar-refractivity contribution is 7.99. The number of ether oxygens (including phenoxy) is 1. The zero-order valence-electron chi connectivity index (χ0n) is 18.6. The largest absolute Gasteiger partial charge is 0.444 e. The van der Waals surface area contributed by atoms with Crippen molar-refractivity contribution in [1.82, 2.24) is 15.2 Å². The van der Waals surface area contributed by atoms with E-state index in [0.717, 1.165) is 11.3 Å². The lowest BCUT2D eigenvalue weighted by molar-refractivity contribution is 0.0417. The van der Waals surface area contributed by atoms with Gasteiger partial charge in [0.05, 0.1) is 5.56 Å². The lowest BCUT2D eigenvalue weighted by Crippen LogP contribution is -2.53. The summed E-state index contributed by atoms with van der Waals surface area (Å²) in [5.74, 6) is 0.160. The molecule has 0 saturated carbocycles. The minimum Gasteiger partial charge on any atom is -0.444 e. The molecule has 3 rings (SSSR count). The van der Waals surface area contributed by atoms with E-state index in [-0.39, 0.29) is 17.9 Å². The molecule has 1 aliphatic rings. The number of amides is 2. The number of benzene rings is 1. The molecule has 0 bridgehead atoms. The molecule has 166 valence electrons. The van der Waals surface area contributed by atoms with Crippen LogP contribution in [0.1, 0.15) is 50.9 Å². The van der Waals surface area contributed by atoms with Crippen molar-refractivity contribution in [2.24, 2.45) is 5.92 Å². The molecule has 1 fully saturated rings. The van der Waals surface area contributed by atoms with E-state index in [1.807, 2.05) is 62.1 Å². The second-order valence-electron chi connectivity index (χ2n) is 8.73. The molecule has 2 heterocycles. The lowest BCUT2D eigenvalue weighted by atomic mass is 9.89. The number of rotatable bonds is 5. The molecule has 0 aliphatic carbocycles. The van der Waals surface area contributed by atoms with Crippen molar-refractivity contribution < 1.29 is 14.3 Å². The van der Waals surface area contributed by atoms with Gasteiger partial charge in [0.15, 0.2) is 0 Å². The van der Waals surface area contributed by atoms with Gasteiger partial charge in [-0.3, -0.25) is 4.79 Å². The van der Waals surface area contributed by atoms with Crippen molar-refractivity contribution >= 4 is 23.8 Å². The predicted molar refractivity (Wildman–Crippen MR) is 122 cm³/mol. The van der Waals surface area contributed by atoms with Crippen LogP contribution in [0.2, 0.25) is 0 Å². The van der Waals surface area contributed by atoms with Gasteiger partial charge in [-0.15, -0.1) is 0 Å². The molecule has 1 saturated heterocycles. The van der Waals surface area contributed by atoms with Gasteiger partial charge in [-0.2, -0.15) is 0 Å². The molecule has 1 aromatic carbocycles. The smallest absolute Gasteiger partial charge is 0.407 e. The molecule has 1 aliphatic heterocycles. The third-order valence-corrected chi connectivity index (χ3v) is 6.23. The average Bonchev–Trinajstić information content (AvgIpc) is 2.73. The van der Waals surface area contributed by atoms with E-state index in [1.165, 1.54) is 11.8 Å². The van der Waals surface area contributed by atoms with Crippen LogP contribution >= 0.6 is 11.8 Å². The Morgan fingerprint density at radius 1 is 1.19 bits per heavy atom. The topological polar surface area (TPSA) is 71.5 Å². The number of aromatic nitrogens is 1. The molecule has 2 aromatic rings. The SMILES string of the molecule is CC[C@@H]1CN(C(=O)c2cccnc2Sc2ccccc2)CC[C@@H]1NC(=O)OC(C)(C)C. The van der Waals surface area contributed by atoms with Crippen LogP contribution in [0.3, 0.4) is 0 Å². The van der Waals surface area contributed by atoms with E-state index in [9.17, 15) is 9.59 Å². The molecule has 2 amide bonds. The van der Waals surface area contributed by atoms with Crippen LogP contribution in [0, 0.1) is 5.92 Å². The summed E-state index contributed by atoms with van der Waals surface area (Å²) >= 11 is 1.50. The Bertz CT molecular complexity index is 898. The first kappa shape index (κ1) is 23.1. The van der Waals surface area contributed by atoms with Gasteiger partial charge in [0.1, 0.15) is 10.6 Å². The van der Waals surface area contributed by atoms with Crippen molar-refractivity contribution in [3.63, 3.8) is 0 Å². The molecule has 6 nitrogen and oxygen atoms in total. The Hall–Kier alpha value is -2.54. The summed E-state index contributed by atoms with van der Waals surface area (Å²) in [7, 11) is 0. The van der Waals surface area contributed by atoms with Crippen molar-refractivity contribution in [3.05, 3.63) is 54.2 Å². The quantitative estimate of drug-likeness (QED) is 0.707. The van der Waals surface area contributed by atoms with Crippen LogP contribution < -0.4 is 5.32 Å². The number of hydrogen-bond acceptors (Lipinski definition) is 5. The standard InChI is InChI=1S/C24H31N3O3S/c1-5-17-16-27(15-13-20(17)26-23(29)30-24(2,3)4)22(28)19-12-9-14-25-21(19)31-18-10-7-6-8-11-18/h6-12,14,17,20H,5,13,15-16H2,1-4H3,(H,26,29)/t17-,20+/m1/s1. The number of likely N-dealkylation sites (tertiary alicyclic amines) is 1. The monoisotopic (exact) mass is 441 g/mol. The molecule has 7 heteroatoms. The van der Waals surface area contributed by atoms with E-state index in [1.54, 1.807) is 12.3 Å². The molecule has 2 atom stereocenters. The Kier molecular flexibility index (Phi) is 7.59. The number of nitrogens with zero attached hydrogens (tertiary/aromatic N) is 2. The Balaban J connectivity index is 1.68. The minimum absolute atomic E-state index is 0.00374. The normalized spacial score (nSPS) is 19.0. The number of carbonyl (C=O) groups excluding carboxylic acids is 2. The van der Waals surface area contributed by atoms with Crippen LogP contribution in [0.15, 0.2) is 58.6 Å². The van der Waals surface area contributed by atoms with Crippen LogP contribution in [0.5, 0.6) is 0 Å². The lowest BCUT2D eigenvalue weighted by Gasteiger charge is -2.39. The second-order valence-corrected chi connectivity index (χ2v) is 9.79. The summed E-state index contributed by atoms with van der Waals surface area (Å²) in [5, 5.41) is 3.71. The summed E-state index contributed by atoms with van der Waals surface area (Å²) in [5.41, 5.74) is 0.0834. The fraction of sp³-hybridized carbons (Fsp3) is 0.458. The van der Waals surface area contributed by atoms with Gasteiger partial charge in [0, 0.05) is 30.2 Å². The molecular weight excluding hydrogens is 410 g/mol. The Morgan fingerprint density at radius 3 is 2.61 bits per heavy atom. The number of nitrogens with one attached hydrogen (secondary N) is 1. The molecule has 0 spiro atoms. The van der Waals surface area contributed by atoms with Crippen molar-refractivity contribution in [1.29, 1.82) is 0 Å². The van der Waals surface area contributed by atoms with Crippen LogP contribution in [-0.4, -0.2) is 46.6 Å². The maximum Gasteiger partial charge on any atom is 0.407 e. The van der Waals surface area contributed by atoms with Crippen molar-refractivity contribution in [3.8, 4) is 0 Å². The Labute approximate surface area is 188 Å². The van der Waals surface area contributed by atoms with Gasteiger partial charge in [-0.05, 0) is 63.8 Å². The molecule has 1 N–H and O–H groups in total. The third-order valence-electron chi connectivity index (χ3n) is 5.21. The van der Waals surface area contributed by atoms with Gasteiger partial charge in [0.2, 0.25) is 0 Å². The summed E-state index contributed by atoms with van der Waals surface area (Å²) in [4.78, 5) is 33.0. The number of pyridine rings is 1. The van der Waals surface area contributed by atoms with Gasteiger partial charge in [-0.25, -0.2) is 9.78 Å². The number of carbonyl (C=O) groups is 2. The minimum atomic E-state index is -0.532. The molecule has 1 aromatic heterocycles. The highest BCUT2D eigenvalue weighted by Gasteiger charge is 2.33. The zero-order valence-corrected chi connectivity index (χ0v) is 19.4. The molecule has 0 radical (unpaired) electrons. The van der Waals surface area contributed by atoms with E-state index in [0.29, 0.717) is 30.1 Å². The van der Waals surface area contributed by atoms with Gasteiger partial charge in [-0.1, -0.05) is 36.9 Å². The third kappa shape index (κ3) is 6.47. The van der Waals surface area contributed by atoms with E-state index < -0.39 is 11.7 Å². The van der Waals surface area contributed by atoms with Gasteiger partial charge >= 0.3 is 6.09 Å². The van der Waals surface area contributed by atoms with E-state index >= 15 is 0 Å². The number of piperidine rings is 1. The van der Waals surface area contributed by atoms with E-state index in [2.05, 4.69) is 17.2 Å². The first-order valence-corrected chi connectivity index (χ1v) is 11.5. The number of alkyl carbamates (subject to hydrolysis) is 1. The number of hydrogen-bond donors (Lipinski definition) is 1. The van der Waals surface area contributed by atoms with Crippen LogP contribution in [0.4, 0.5) is 4.79 Å². The van der Waals surface area contributed by atoms with Crippen molar-refractivity contribution in [2.45, 2.75) is 62.1 Å². The molecule has 0 unspecified atom stereocenters. The molecular formula is C24H31N3O3S. The summed E-state index contributed by atoms with van der Waals surface area (Å²) in [6.07, 6.45) is 2.88. The van der Waals surface area contributed by atoms with Crippen LogP contribution in [-0.2, 0) is 4.74 Å². The van der Waals surface area contributed by atoms with Crippen molar-refractivity contribution in [2.75, 3.05) is 13.1 Å². The summed E-state index contributed by atoms with van der Waals surface area (Å²) in [6, 6.07) is 13.6. The van der Waals surface area contributed by atoms with E-state index in [4.69, 9.17) is 4.74 Å². The fourth-order valence-electron chi connectivity index (χ4n) is 3.68. The molecule has 31 heavy (non-hydrogen) atoms. The highest BCUT2D eigenvalue weighted by Crippen LogP contribution is 2.30. The summed E-state index contributed by atoms with van der Waals surface area (Å²) < 4.78 is 5.41. The van der Waals surface area contributed by atoms with Crippen LogP contribution in [0.25, 0.3) is 0 Å². The van der Waals surface area contributed by atoms with Gasteiger partial charge in [0.25, 0.3) is 5.91 Å². The maximum atomic E-state index is 13.3. The summed E-state index contributed by atoms with van der Waals surface area (Å²) in [6.45, 7) is 8.82. The first-order valence-electron chi connectivity index (χ1n) is 10.7. The van der Waals surface area contributed by atoms with Gasteiger partial charge < -0.3 is 15.0 Å². The highest BCUT2D eigenvalue weighted by atomic mass is 32.2. The first-order chi connectivity index (χ1) is 14.8. The average molecular weight is 442 g/mol. The fourth-order valence-corrected chi connectivity index (χ4v) is 4.58. The second kappa shape index (κ2) is 10.2. The zero-order chi connectivity index (χ0) is 22.4. The Morgan fingerprint density at radius 2 is 1.94 bits per heavy atom.